The van der Waals surface area contributed by atoms with Gasteiger partial charge in [-0.15, -0.1) is 0 Å². The lowest BCUT2D eigenvalue weighted by Gasteiger charge is -2.29. The van der Waals surface area contributed by atoms with Gasteiger partial charge in [-0.1, -0.05) is 25.8 Å². The molecule has 0 amide bonds. The molecule has 0 radical (unpaired) electrons. The molecule has 0 unspecified atom stereocenters. The van der Waals surface area contributed by atoms with Crippen molar-refractivity contribution in [2.24, 2.45) is 5.92 Å². The van der Waals surface area contributed by atoms with Gasteiger partial charge in [0.2, 0.25) is 5.82 Å². The molecule has 0 spiro atoms. The zero-order valence-electron chi connectivity index (χ0n) is 18.8. The highest BCUT2D eigenvalue weighted by molar-refractivity contribution is 5.66. The first-order valence-corrected chi connectivity index (χ1v) is 11.3. The summed E-state index contributed by atoms with van der Waals surface area (Å²) in [6.07, 6.45) is 1.56. The van der Waals surface area contributed by atoms with E-state index in [2.05, 4.69) is 11.7 Å². The van der Waals surface area contributed by atoms with Crippen LogP contribution in [0.25, 0.3) is 11.1 Å². The summed E-state index contributed by atoms with van der Waals surface area (Å²) >= 11 is 0. The Balaban J connectivity index is 1.62. The number of hydrogen-bond acceptors (Lipinski definition) is 3. The summed E-state index contributed by atoms with van der Waals surface area (Å²) in [4.78, 5) is 0. The highest BCUT2D eigenvalue weighted by Gasteiger charge is 2.35. The van der Waals surface area contributed by atoms with Crippen molar-refractivity contribution in [1.29, 1.82) is 0 Å². The Labute approximate surface area is 190 Å². The van der Waals surface area contributed by atoms with Crippen LogP contribution in [0.15, 0.2) is 30.3 Å². The summed E-state index contributed by atoms with van der Waals surface area (Å²) in [7, 11) is 0. The van der Waals surface area contributed by atoms with Crippen molar-refractivity contribution in [2.45, 2.75) is 64.6 Å². The van der Waals surface area contributed by atoms with Crippen molar-refractivity contribution in [3.8, 4) is 22.6 Å². The number of rotatable bonds is 10. The molecule has 0 bridgehead atoms. The maximum absolute atomic E-state index is 14.5. The smallest absolute Gasteiger partial charge is 0.422 e. The van der Waals surface area contributed by atoms with Crippen LogP contribution in [-0.2, 0) is 4.74 Å². The van der Waals surface area contributed by atoms with Crippen molar-refractivity contribution in [3.05, 3.63) is 47.8 Å². The van der Waals surface area contributed by atoms with Crippen LogP contribution in [0.3, 0.4) is 0 Å². The summed E-state index contributed by atoms with van der Waals surface area (Å²) in [6.45, 7) is 2.90. The minimum absolute atomic E-state index is 0.0253. The average Bonchev–Trinajstić information content (AvgIpc) is 2.78. The molecule has 1 saturated carbocycles. The number of benzene rings is 2. The van der Waals surface area contributed by atoms with E-state index >= 15 is 0 Å². The molecule has 3 nitrogen and oxygen atoms in total. The quantitative estimate of drug-likeness (QED) is 0.335. The van der Waals surface area contributed by atoms with Gasteiger partial charge >= 0.3 is 6.11 Å². The monoisotopic (exact) mass is 472 g/mol. The minimum Gasteiger partial charge on any atom is -0.491 e. The molecule has 1 aliphatic carbocycles. The lowest BCUT2D eigenvalue weighted by Crippen LogP contribution is -2.34. The first-order chi connectivity index (χ1) is 15.7. The largest absolute Gasteiger partial charge is 0.491 e. The van der Waals surface area contributed by atoms with Crippen LogP contribution in [0.4, 0.5) is 22.0 Å². The van der Waals surface area contributed by atoms with E-state index in [0.29, 0.717) is 18.8 Å². The van der Waals surface area contributed by atoms with Crippen molar-refractivity contribution in [1.82, 2.24) is 0 Å². The Kier molecular flexibility index (Phi) is 8.57. The zero-order chi connectivity index (χ0) is 24.0. The van der Waals surface area contributed by atoms with Gasteiger partial charge < -0.3 is 14.2 Å². The molecule has 1 fully saturated rings. The average molecular weight is 472 g/mol. The maximum Gasteiger partial charge on any atom is 0.422 e. The van der Waals surface area contributed by atoms with Gasteiger partial charge in [0.15, 0.2) is 29.7 Å². The summed E-state index contributed by atoms with van der Waals surface area (Å²) in [5.74, 6) is -3.90. The molecular formula is C25H29F5O3. The molecule has 3 rings (SSSR count). The van der Waals surface area contributed by atoms with Gasteiger partial charge in [0.25, 0.3) is 0 Å². The van der Waals surface area contributed by atoms with Gasteiger partial charge in [-0.3, -0.25) is 0 Å². The van der Waals surface area contributed by atoms with Gasteiger partial charge in [-0.25, -0.2) is 8.78 Å². The minimum atomic E-state index is -3.74. The van der Waals surface area contributed by atoms with Crippen molar-refractivity contribution < 1.29 is 36.2 Å². The summed E-state index contributed by atoms with van der Waals surface area (Å²) in [6, 6.07) is 5.42. The molecular weight excluding hydrogens is 443 g/mol. The molecule has 0 atom stereocenters. The summed E-state index contributed by atoms with van der Waals surface area (Å²) in [5, 5.41) is 0. The molecule has 0 heterocycles. The van der Waals surface area contributed by atoms with E-state index in [9.17, 15) is 22.0 Å². The predicted molar refractivity (Wildman–Crippen MR) is 115 cm³/mol. The van der Waals surface area contributed by atoms with Crippen LogP contribution in [0.2, 0.25) is 0 Å². The molecule has 8 heteroatoms. The SMILES string of the molecule is CCCC1CCC(OCC(F)(F)Oc2ccc(-c3ccc(OCC)c(F)c3F)cc2F)CC1. The molecule has 2 aromatic carbocycles. The van der Waals surface area contributed by atoms with Crippen molar-refractivity contribution in [3.63, 3.8) is 0 Å². The lowest BCUT2D eigenvalue weighted by atomic mass is 9.85. The topological polar surface area (TPSA) is 27.7 Å². The van der Waals surface area contributed by atoms with E-state index < -0.39 is 35.9 Å². The Morgan fingerprint density at radius 2 is 1.61 bits per heavy atom. The maximum atomic E-state index is 14.5. The highest BCUT2D eigenvalue weighted by atomic mass is 19.3. The Morgan fingerprint density at radius 3 is 2.24 bits per heavy atom. The zero-order valence-corrected chi connectivity index (χ0v) is 18.8. The third-order valence-electron chi connectivity index (χ3n) is 5.83. The van der Waals surface area contributed by atoms with E-state index in [1.54, 1.807) is 6.92 Å². The molecule has 0 N–H and O–H groups in total. The fourth-order valence-electron chi connectivity index (χ4n) is 4.17. The van der Waals surface area contributed by atoms with Gasteiger partial charge in [-0.2, -0.15) is 13.2 Å². The van der Waals surface area contributed by atoms with Gasteiger partial charge in [0, 0.05) is 5.56 Å². The molecule has 0 saturated heterocycles. The Morgan fingerprint density at radius 1 is 0.909 bits per heavy atom. The van der Waals surface area contributed by atoms with Crippen LogP contribution < -0.4 is 9.47 Å². The molecule has 33 heavy (non-hydrogen) atoms. The normalized spacial score (nSPS) is 18.9. The predicted octanol–water partition coefficient (Wildman–Crippen LogP) is 7.52. The second-order valence-electron chi connectivity index (χ2n) is 8.30. The van der Waals surface area contributed by atoms with E-state index in [0.717, 1.165) is 37.8 Å². The van der Waals surface area contributed by atoms with Crippen LogP contribution in [-0.4, -0.2) is 25.4 Å². The first kappa shape index (κ1) is 25.3. The van der Waals surface area contributed by atoms with Crippen LogP contribution >= 0.6 is 0 Å². The van der Waals surface area contributed by atoms with Crippen LogP contribution in [0.1, 0.15) is 52.4 Å². The second kappa shape index (κ2) is 11.2. The standard InChI is InChI=1S/C25H29F5O3/c1-3-5-16-6-9-18(10-7-16)32-15-25(29,30)33-21-12-8-17(14-20(21)26)19-11-13-22(31-4-2)24(28)23(19)27/h8,11-14,16,18H,3-7,9-10,15H2,1-2H3. The van der Waals surface area contributed by atoms with E-state index in [4.69, 9.17) is 9.47 Å². The molecule has 182 valence electrons. The molecule has 0 aromatic heterocycles. The number of alkyl halides is 2. The summed E-state index contributed by atoms with van der Waals surface area (Å²) in [5.41, 5.74) is -0.252. The van der Waals surface area contributed by atoms with Gasteiger partial charge in [-0.05, 0) is 68.4 Å². The Hall–Kier alpha value is -2.35. The fraction of sp³-hybridized carbons (Fsp3) is 0.520. The van der Waals surface area contributed by atoms with Gasteiger partial charge in [0.1, 0.15) is 0 Å². The van der Waals surface area contributed by atoms with Crippen LogP contribution in [0, 0.1) is 23.4 Å². The third-order valence-corrected chi connectivity index (χ3v) is 5.83. The molecule has 2 aromatic rings. The van der Waals surface area contributed by atoms with Crippen molar-refractivity contribution in [2.75, 3.05) is 13.2 Å². The van der Waals surface area contributed by atoms with E-state index in [-0.39, 0.29) is 29.6 Å². The van der Waals surface area contributed by atoms with Crippen molar-refractivity contribution >= 4 is 0 Å². The fourth-order valence-corrected chi connectivity index (χ4v) is 4.17. The Bertz CT molecular complexity index is 926. The first-order valence-electron chi connectivity index (χ1n) is 11.3. The molecule has 1 aliphatic rings. The molecule has 0 aliphatic heterocycles. The number of ether oxygens (including phenoxy) is 3. The van der Waals surface area contributed by atoms with Gasteiger partial charge in [0.05, 0.1) is 12.7 Å². The summed E-state index contributed by atoms with van der Waals surface area (Å²) < 4.78 is 86.4. The highest BCUT2D eigenvalue weighted by Crippen LogP contribution is 2.34. The number of halogens is 5. The second-order valence-corrected chi connectivity index (χ2v) is 8.30. The van der Waals surface area contributed by atoms with E-state index in [1.165, 1.54) is 18.2 Å². The lowest BCUT2D eigenvalue weighted by molar-refractivity contribution is -0.223. The number of hydrogen-bond donors (Lipinski definition) is 0. The third kappa shape index (κ3) is 6.59. The van der Waals surface area contributed by atoms with E-state index in [1.807, 2.05) is 0 Å². The van der Waals surface area contributed by atoms with Crippen LogP contribution in [0.5, 0.6) is 11.5 Å².